The van der Waals surface area contributed by atoms with Crippen LogP contribution in [0.3, 0.4) is 0 Å². The topological polar surface area (TPSA) is 68.0 Å². The van der Waals surface area contributed by atoms with Crippen molar-refractivity contribution in [2.45, 2.75) is 39.0 Å². The molecule has 1 heterocycles. The molecular weight excluding hydrogens is 246 g/mol. The van der Waals surface area contributed by atoms with Crippen molar-refractivity contribution in [2.24, 2.45) is 11.7 Å². The molecule has 1 aromatic rings. The maximum atomic E-state index is 11.9. The lowest BCUT2D eigenvalue weighted by Gasteiger charge is -2.20. The minimum atomic E-state index is 0.101. The average molecular weight is 267 g/mol. The van der Waals surface area contributed by atoms with Crippen LogP contribution in [0.25, 0.3) is 0 Å². The van der Waals surface area contributed by atoms with Crippen LogP contribution in [0, 0.1) is 5.92 Å². The van der Waals surface area contributed by atoms with E-state index >= 15 is 0 Å². The minimum Gasteiger partial charge on any atom is -0.355 e. The van der Waals surface area contributed by atoms with Crippen molar-refractivity contribution < 1.29 is 4.79 Å². The van der Waals surface area contributed by atoms with Crippen molar-refractivity contribution in [3.63, 3.8) is 0 Å². The van der Waals surface area contributed by atoms with Crippen LogP contribution in [0.15, 0.2) is 0 Å². The quantitative estimate of drug-likeness (QED) is 0.867. The molecule has 0 fully saturated rings. The number of fused-ring (bicyclic) bond motifs is 1. The molecule has 3 N–H and O–H groups in total. The molecule has 0 saturated carbocycles. The normalized spacial score (nSPS) is 18.8. The summed E-state index contributed by atoms with van der Waals surface area (Å²) in [7, 11) is 0. The lowest BCUT2D eigenvalue weighted by atomic mass is 9.90. The highest BCUT2D eigenvalue weighted by Crippen LogP contribution is 2.32. The highest BCUT2D eigenvalue weighted by Gasteiger charge is 2.27. The van der Waals surface area contributed by atoms with Gasteiger partial charge in [0.15, 0.2) is 0 Å². The number of aromatic nitrogens is 1. The highest BCUT2D eigenvalue weighted by atomic mass is 32.1. The third-order valence-electron chi connectivity index (χ3n) is 3.26. The summed E-state index contributed by atoms with van der Waals surface area (Å²) >= 11 is 1.77. The summed E-state index contributed by atoms with van der Waals surface area (Å²) in [6.45, 7) is 5.40. The van der Waals surface area contributed by atoms with E-state index in [1.165, 1.54) is 15.6 Å². The molecule has 0 radical (unpaired) electrons. The van der Waals surface area contributed by atoms with Gasteiger partial charge in [-0.2, -0.15) is 0 Å². The largest absolute Gasteiger partial charge is 0.355 e. The number of carbonyl (C=O) groups is 1. The van der Waals surface area contributed by atoms with Gasteiger partial charge in [0.25, 0.3) is 0 Å². The predicted molar refractivity (Wildman–Crippen MR) is 73.8 cm³/mol. The fraction of sp³-hybridized carbons (Fsp3) is 0.692. The molecule has 0 aliphatic heterocycles. The van der Waals surface area contributed by atoms with E-state index in [0.29, 0.717) is 19.0 Å². The van der Waals surface area contributed by atoms with Gasteiger partial charge in [0.1, 0.15) is 0 Å². The number of aryl methyl sites for hydroxylation is 1. The van der Waals surface area contributed by atoms with Crippen LogP contribution >= 0.6 is 11.3 Å². The lowest BCUT2D eigenvalue weighted by molar-refractivity contribution is -0.125. The van der Waals surface area contributed by atoms with Crippen LogP contribution < -0.4 is 11.1 Å². The molecule has 1 atom stereocenters. The Balaban J connectivity index is 2.03. The van der Waals surface area contributed by atoms with Crippen molar-refractivity contribution in [3.05, 3.63) is 15.6 Å². The third-order valence-corrected chi connectivity index (χ3v) is 4.68. The van der Waals surface area contributed by atoms with Crippen molar-refractivity contribution in [1.29, 1.82) is 0 Å². The van der Waals surface area contributed by atoms with E-state index in [4.69, 9.17) is 5.73 Å². The van der Waals surface area contributed by atoms with Gasteiger partial charge in [0, 0.05) is 29.8 Å². The van der Waals surface area contributed by atoms with Gasteiger partial charge < -0.3 is 11.1 Å². The van der Waals surface area contributed by atoms with Crippen LogP contribution in [0.1, 0.15) is 41.8 Å². The molecule has 1 amide bonds. The maximum Gasteiger partial charge on any atom is 0.223 e. The van der Waals surface area contributed by atoms with Crippen molar-refractivity contribution in [1.82, 2.24) is 10.3 Å². The summed E-state index contributed by atoms with van der Waals surface area (Å²) in [5.74, 6) is 0.722. The number of hydrogen-bond acceptors (Lipinski definition) is 4. The maximum absolute atomic E-state index is 11.9. The number of nitrogens with one attached hydrogen (secondary N) is 1. The van der Waals surface area contributed by atoms with Gasteiger partial charge >= 0.3 is 0 Å². The molecule has 4 nitrogen and oxygen atoms in total. The zero-order valence-corrected chi connectivity index (χ0v) is 11.8. The fourth-order valence-corrected chi connectivity index (χ4v) is 3.40. The Hall–Kier alpha value is -0.940. The second kappa shape index (κ2) is 5.80. The average Bonchev–Trinajstić information content (AvgIpc) is 2.78. The second-order valence-electron chi connectivity index (χ2n) is 5.10. The van der Waals surface area contributed by atoms with Crippen LogP contribution in [-0.4, -0.2) is 24.0 Å². The predicted octanol–water partition coefficient (Wildman–Crippen LogP) is 1.45. The lowest BCUT2D eigenvalue weighted by Crippen LogP contribution is -2.36. The van der Waals surface area contributed by atoms with Gasteiger partial charge in [0.2, 0.25) is 5.91 Å². The van der Waals surface area contributed by atoms with Gasteiger partial charge in [-0.1, -0.05) is 13.8 Å². The number of hydrogen-bond donors (Lipinski definition) is 2. The Morgan fingerprint density at radius 1 is 1.61 bits per heavy atom. The smallest absolute Gasteiger partial charge is 0.223 e. The molecule has 100 valence electrons. The Bertz CT molecular complexity index is 428. The molecule has 5 heteroatoms. The van der Waals surface area contributed by atoms with Gasteiger partial charge in [-0.15, -0.1) is 11.3 Å². The summed E-state index contributed by atoms with van der Waals surface area (Å²) in [5.41, 5.74) is 6.61. The van der Waals surface area contributed by atoms with E-state index in [9.17, 15) is 4.79 Å². The van der Waals surface area contributed by atoms with Crippen LogP contribution in [0.4, 0.5) is 0 Å². The number of amides is 1. The van der Waals surface area contributed by atoms with Crippen LogP contribution in [-0.2, 0) is 17.6 Å². The molecule has 18 heavy (non-hydrogen) atoms. The number of rotatable bonds is 4. The van der Waals surface area contributed by atoms with Gasteiger partial charge in [-0.25, -0.2) is 4.98 Å². The van der Waals surface area contributed by atoms with Crippen molar-refractivity contribution in [3.8, 4) is 0 Å². The third kappa shape index (κ3) is 2.90. The standard InChI is InChI=1S/C13H21N3OS/c1-8(2)13-16-10-4-3-9(7-11(10)18-13)12(17)15-6-5-14/h8-9H,3-7,14H2,1-2H3,(H,15,17). The fourth-order valence-electron chi connectivity index (χ4n) is 2.21. The Morgan fingerprint density at radius 3 is 3.06 bits per heavy atom. The van der Waals surface area contributed by atoms with Crippen LogP contribution in [0.2, 0.25) is 0 Å². The molecule has 1 aliphatic carbocycles. The highest BCUT2D eigenvalue weighted by molar-refractivity contribution is 7.11. The molecule has 0 aromatic carbocycles. The molecule has 2 rings (SSSR count). The molecule has 0 spiro atoms. The Morgan fingerprint density at radius 2 is 2.39 bits per heavy atom. The molecule has 1 unspecified atom stereocenters. The van der Waals surface area contributed by atoms with E-state index in [-0.39, 0.29) is 11.8 Å². The number of thiazole rings is 1. The molecular formula is C13H21N3OS. The number of carbonyl (C=O) groups excluding carboxylic acids is 1. The number of nitrogens with two attached hydrogens (primary N) is 1. The Kier molecular flexibility index (Phi) is 4.35. The first-order valence-corrected chi connectivity index (χ1v) is 7.39. The van der Waals surface area contributed by atoms with E-state index in [1.54, 1.807) is 11.3 Å². The van der Waals surface area contributed by atoms with Gasteiger partial charge in [-0.05, 0) is 19.3 Å². The van der Waals surface area contributed by atoms with Gasteiger partial charge in [0.05, 0.1) is 10.7 Å². The summed E-state index contributed by atoms with van der Waals surface area (Å²) in [6.07, 6.45) is 2.68. The monoisotopic (exact) mass is 267 g/mol. The molecule has 1 aromatic heterocycles. The summed E-state index contributed by atoms with van der Waals surface area (Å²) in [4.78, 5) is 17.9. The first-order valence-electron chi connectivity index (χ1n) is 6.58. The van der Waals surface area contributed by atoms with E-state index in [2.05, 4.69) is 24.1 Å². The zero-order valence-electron chi connectivity index (χ0n) is 11.0. The molecule has 1 aliphatic rings. The van der Waals surface area contributed by atoms with E-state index in [0.717, 1.165) is 19.3 Å². The van der Waals surface area contributed by atoms with Crippen molar-refractivity contribution in [2.75, 3.05) is 13.1 Å². The summed E-state index contributed by atoms with van der Waals surface area (Å²) < 4.78 is 0. The summed E-state index contributed by atoms with van der Waals surface area (Å²) in [5, 5.41) is 4.08. The van der Waals surface area contributed by atoms with E-state index < -0.39 is 0 Å². The van der Waals surface area contributed by atoms with Gasteiger partial charge in [-0.3, -0.25) is 4.79 Å². The summed E-state index contributed by atoms with van der Waals surface area (Å²) in [6, 6.07) is 0. The van der Waals surface area contributed by atoms with E-state index in [1.807, 2.05) is 0 Å². The minimum absolute atomic E-state index is 0.101. The first-order chi connectivity index (χ1) is 8.61. The zero-order chi connectivity index (χ0) is 13.1. The SMILES string of the molecule is CC(C)c1nc2c(s1)CC(C(=O)NCCN)CC2. The number of nitrogens with zero attached hydrogens (tertiary/aromatic N) is 1. The molecule has 0 bridgehead atoms. The van der Waals surface area contributed by atoms with Crippen molar-refractivity contribution >= 4 is 17.2 Å². The molecule has 0 saturated heterocycles. The Labute approximate surface area is 112 Å². The van der Waals surface area contributed by atoms with Crippen LogP contribution in [0.5, 0.6) is 0 Å². The first kappa shape index (κ1) is 13.5. The second-order valence-corrected chi connectivity index (χ2v) is 6.21.